The van der Waals surface area contributed by atoms with Gasteiger partial charge in [0.15, 0.2) is 0 Å². The Kier molecular flexibility index (Phi) is 4.51. The van der Waals surface area contributed by atoms with Crippen molar-refractivity contribution in [2.24, 2.45) is 5.92 Å². The smallest absolute Gasteiger partial charge is 0.141 e. The molecule has 1 N–H and O–H groups in total. The highest BCUT2D eigenvalue weighted by Gasteiger charge is 2.25. The fraction of sp³-hybridized carbons (Fsp3) is 0.900. The van der Waals surface area contributed by atoms with Crippen LogP contribution in [0.5, 0.6) is 0 Å². The first kappa shape index (κ1) is 11.6. The molecule has 2 atom stereocenters. The fourth-order valence-corrected chi connectivity index (χ4v) is 1.52. The van der Waals surface area contributed by atoms with Crippen molar-refractivity contribution in [2.45, 2.75) is 19.4 Å². The van der Waals surface area contributed by atoms with Gasteiger partial charge in [0.05, 0.1) is 25.7 Å². The molecule has 0 aromatic carbocycles. The summed E-state index contributed by atoms with van der Waals surface area (Å²) in [6, 6.07) is 0.102. The predicted molar refractivity (Wildman–Crippen MR) is 53.1 cm³/mol. The number of aliphatic hydroxyl groups excluding tert-OH is 1. The van der Waals surface area contributed by atoms with Gasteiger partial charge in [0.2, 0.25) is 0 Å². The number of ether oxygens (including phenoxy) is 1. The Morgan fingerprint density at radius 3 is 3.00 bits per heavy atom. The Morgan fingerprint density at radius 2 is 2.43 bits per heavy atom. The van der Waals surface area contributed by atoms with E-state index < -0.39 is 0 Å². The Hall–Kier alpha value is -0.450. The molecule has 4 nitrogen and oxygen atoms in total. The molecule has 1 fully saturated rings. The van der Waals surface area contributed by atoms with Crippen LogP contribution in [0.1, 0.15) is 13.3 Å². The Labute approximate surface area is 84.8 Å². The van der Waals surface area contributed by atoms with Gasteiger partial charge in [-0.1, -0.05) is 0 Å². The summed E-state index contributed by atoms with van der Waals surface area (Å²) in [5.41, 5.74) is 0. The van der Waals surface area contributed by atoms with E-state index in [-0.39, 0.29) is 24.3 Å². The average Bonchev–Trinajstić information content (AvgIpc) is 2.20. The van der Waals surface area contributed by atoms with Gasteiger partial charge in [-0.15, -0.1) is 0 Å². The molecule has 0 amide bonds. The van der Waals surface area contributed by atoms with Gasteiger partial charge in [-0.2, -0.15) is 0 Å². The molecule has 0 aromatic rings. The molecule has 0 bridgehead atoms. The maximum Gasteiger partial charge on any atom is 0.141 e. The number of rotatable bonds is 4. The third-order valence-corrected chi connectivity index (χ3v) is 2.79. The van der Waals surface area contributed by atoms with Gasteiger partial charge in [0.25, 0.3) is 0 Å². The van der Waals surface area contributed by atoms with Crippen molar-refractivity contribution in [2.75, 3.05) is 33.4 Å². The molecule has 0 radical (unpaired) electrons. The highest BCUT2D eigenvalue weighted by atomic mass is 16.5. The van der Waals surface area contributed by atoms with E-state index in [4.69, 9.17) is 9.84 Å². The number of carbonyl (C=O) groups is 1. The number of ketones is 1. The van der Waals surface area contributed by atoms with Crippen LogP contribution in [-0.4, -0.2) is 55.2 Å². The van der Waals surface area contributed by atoms with Crippen LogP contribution in [0, 0.1) is 5.92 Å². The van der Waals surface area contributed by atoms with E-state index in [9.17, 15) is 4.79 Å². The zero-order valence-electron chi connectivity index (χ0n) is 8.90. The van der Waals surface area contributed by atoms with Crippen molar-refractivity contribution in [3.05, 3.63) is 0 Å². The van der Waals surface area contributed by atoms with Gasteiger partial charge < -0.3 is 14.7 Å². The van der Waals surface area contributed by atoms with E-state index >= 15 is 0 Å². The maximum absolute atomic E-state index is 11.5. The molecule has 1 aliphatic heterocycles. The lowest BCUT2D eigenvalue weighted by Crippen LogP contribution is -2.41. The number of hydrogen-bond acceptors (Lipinski definition) is 4. The summed E-state index contributed by atoms with van der Waals surface area (Å²) in [4.78, 5) is 13.5. The van der Waals surface area contributed by atoms with Crippen molar-refractivity contribution < 1.29 is 14.6 Å². The molecule has 0 aliphatic carbocycles. The molecule has 0 aromatic heterocycles. The molecule has 1 rings (SSSR count). The molecule has 1 heterocycles. The van der Waals surface area contributed by atoms with Gasteiger partial charge in [-0.05, 0) is 14.0 Å². The molecule has 1 aliphatic rings. The Morgan fingerprint density at radius 1 is 1.71 bits per heavy atom. The molecule has 2 unspecified atom stereocenters. The standard InChI is InChI=1S/C10H19NO3/c1-8(6-12)11(2)5-9-7-14-4-3-10(9)13/h8-9,12H,3-7H2,1-2H3. The topological polar surface area (TPSA) is 49.8 Å². The van der Waals surface area contributed by atoms with Gasteiger partial charge in [0, 0.05) is 19.0 Å². The third-order valence-electron chi connectivity index (χ3n) is 2.79. The predicted octanol–water partition coefficient (Wildman–Crippen LogP) is -0.0954. The van der Waals surface area contributed by atoms with E-state index in [0.717, 1.165) is 0 Å². The van der Waals surface area contributed by atoms with Crippen molar-refractivity contribution in [3.63, 3.8) is 0 Å². The number of likely N-dealkylation sites (N-methyl/N-ethyl adjacent to an activating group) is 1. The van der Waals surface area contributed by atoms with Crippen LogP contribution in [0.25, 0.3) is 0 Å². The molecular weight excluding hydrogens is 182 g/mol. The first-order valence-corrected chi connectivity index (χ1v) is 5.06. The maximum atomic E-state index is 11.5. The quantitative estimate of drug-likeness (QED) is 0.690. The van der Waals surface area contributed by atoms with Crippen LogP contribution >= 0.6 is 0 Å². The third kappa shape index (κ3) is 3.04. The largest absolute Gasteiger partial charge is 0.395 e. The molecule has 1 saturated heterocycles. The second-order valence-corrected chi connectivity index (χ2v) is 3.96. The van der Waals surface area contributed by atoms with Crippen molar-refractivity contribution in [3.8, 4) is 0 Å². The van der Waals surface area contributed by atoms with E-state index in [1.165, 1.54) is 0 Å². The highest BCUT2D eigenvalue weighted by Crippen LogP contribution is 2.12. The first-order valence-electron chi connectivity index (χ1n) is 5.06. The lowest BCUT2D eigenvalue weighted by atomic mass is 10.00. The minimum Gasteiger partial charge on any atom is -0.395 e. The minimum absolute atomic E-state index is 0.0113. The second-order valence-electron chi connectivity index (χ2n) is 3.96. The SMILES string of the molecule is CC(CO)N(C)CC1COCCC1=O. The van der Waals surface area contributed by atoms with Crippen molar-refractivity contribution in [1.29, 1.82) is 0 Å². The number of hydrogen-bond donors (Lipinski definition) is 1. The van der Waals surface area contributed by atoms with Crippen LogP contribution in [0.2, 0.25) is 0 Å². The van der Waals surface area contributed by atoms with E-state index in [2.05, 4.69) is 0 Å². The molecule has 14 heavy (non-hydrogen) atoms. The normalized spacial score (nSPS) is 25.4. The second kappa shape index (κ2) is 5.44. The van der Waals surface area contributed by atoms with Crippen molar-refractivity contribution >= 4 is 5.78 Å². The highest BCUT2D eigenvalue weighted by molar-refractivity contribution is 5.82. The zero-order valence-corrected chi connectivity index (χ0v) is 8.90. The molecular formula is C10H19NO3. The van der Waals surface area contributed by atoms with E-state index in [1.807, 2.05) is 18.9 Å². The van der Waals surface area contributed by atoms with Crippen LogP contribution in [0.15, 0.2) is 0 Å². The van der Waals surface area contributed by atoms with Crippen LogP contribution in [-0.2, 0) is 9.53 Å². The lowest BCUT2D eigenvalue weighted by Gasteiger charge is -2.29. The molecule has 4 heteroatoms. The van der Waals surface area contributed by atoms with Gasteiger partial charge in [-0.3, -0.25) is 4.79 Å². The summed E-state index contributed by atoms with van der Waals surface area (Å²) >= 11 is 0. The van der Waals surface area contributed by atoms with E-state index in [0.29, 0.717) is 26.2 Å². The first-order chi connectivity index (χ1) is 6.65. The van der Waals surface area contributed by atoms with Gasteiger partial charge >= 0.3 is 0 Å². The monoisotopic (exact) mass is 201 g/mol. The minimum atomic E-state index is -0.0113. The lowest BCUT2D eigenvalue weighted by molar-refractivity contribution is -0.131. The number of aliphatic hydroxyl groups is 1. The van der Waals surface area contributed by atoms with Crippen molar-refractivity contribution in [1.82, 2.24) is 4.90 Å². The molecule has 0 saturated carbocycles. The zero-order chi connectivity index (χ0) is 10.6. The molecule has 82 valence electrons. The summed E-state index contributed by atoms with van der Waals surface area (Å²) in [6.45, 7) is 3.84. The van der Waals surface area contributed by atoms with E-state index in [1.54, 1.807) is 0 Å². The average molecular weight is 201 g/mol. The Balaban J connectivity index is 2.38. The summed E-state index contributed by atoms with van der Waals surface area (Å²) in [6.07, 6.45) is 0.534. The number of carbonyl (C=O) groups excluding carboxylic acids is 1. The summed E-state index contributed by atoms with van der Waals surface area (Å²) < 4.78 is 5.26. The summed E-state index contributed by atoms with van der Waals surface area (Å²) in [5.74, 6) is 0.274. The fourth-order valence-electron chi connectivity index (χ4n) is 1.52. The van der Waals surface area contributed by atoms with Crippen LogP contribution in [0.4, 0.5) is 0 Å². The summed E-state index contributed by atoms with van der Waals surface area (Å²) in [5, 5.41) is 8.94. The summed E-state index contributed by atoms with van der Waals surface area (Å²) in [7, 11) is 1.92. The van der Waals surface area contributed by atoms with Crippen LogP contribution < -0.4 is 0 Å². The number of nitrogens with zero attached hydrogens (tertiary/aromatic N) is 1. The van der Waals surface area contributed by atoms with Crippen LogP contribution in [0.3, 0.4) is 0 Å². The number of Topliss-reactive ketones (excluding diaryl/α,β-unsaturated/α-hetero) is 1. The van der Waals surface area contributed by atoms with Gasteiger partial charge in [0.1, 0.15) is 5.78 Å². The Bertz CT molecular complexity index is 196. The van der Waals surface area contributed by atoms with Gasteiger partial charge in [-0.25, -0.2) is 0 Å². The molecule has 0 spiro atoms.